The molecule has 0 amide bonds. The van der Waals surface area contributed by atoms with E-state index in [1.54, 1.807) is 6.20 Å². The first-order valence-electron chi connectivity index (χ1n) is 7.02. The van der Waals surface area contributed by atoms with Crippen LogP contribution in [0.3, 0.4) is 0 Å². The third-order valence-corrected chi connectivity index (χ3v) is 3.51. The van der Waals surface area contributed by atoms with E-state index >= 15 is 0 Å². The lowest BCUT2D eigenvalue weighted by molar-refractivity contribution is 0.286. The van der Waals surface area contributed by atoms with Crippen molar-refractivity contribution in [2.45, 2.75) is 13.0 Å². The maximum atomic E-state index is 4.12. The first-order valence-corrected chi connectivity index (χ1v) is 7.02. The summed E-state index contributed by atoms with van der Waals surface area (Å²) in [7, 11) is 0. The van der Waals surface area contributed by atoms with E-state index in [9.17, 15) is 0 Å². The van der Waals surface area contributed by atoms with Gasteiger partial charge in [0.15, 0.2) is 0 Å². The number of nitrogens with zero attached hydrogens (tertiary/aromatic N) is 2. The van der Waals surface area contributed by atoms with Crippen LogP contribution < -0.4 is 5.32 Å². The number of nitrogens with one attached hydrogen (secondary N) is 1. The summed E-state index contributed by atoms with van der Waals surface area (Å²) in [5, 5.41) is 3.44. The van der Waals surface area contributed by atoms with Gasteiger partial charge < -0.3 is 5.32 Å². The van der Waals surface area contributed by atoms with Crippen LogP contribution in [0.25, 0.3) is 0 Å². The van der Waals surface area contributed by atoms with Crippen LogP contribution in [0.2, 0.25) is 0 Å². The van der Waals surface area contributed by atoms with Gasteiger partial charge in [-0.3, -0.25) is 9.88 Å². The fourth-order valence-corrected chi connectivity index (χ4v) is 2.43. The largest absolute Gasteiger partial charge is 0.358 e. The van der Waals surface area contributed by atoms with Gasteiger partial charge in [-0.05, 0) is 24.1 Å². The van der Waals surface area contributed by atoms with Gasteiger partial charge in [-0.25, -0.2) is 0 Å². The summed E-state index contributed by atoms with van der Waals surface area (Å²) in [6.45, 7) is 3.11. The van der Waals surface area contributed by atoms with Gasteiger partial charge in [0, 0.05) is 31.5 Å². The number of aromatic nitrogens is 1. The van der Waals surface area contributed by atoms with Crippen molar-refractivity contribution in [2.75, 3.05) is 18.4 Å². The predicted molar refractivity (Wildman–Crippen MR) is 82.3 cm³/mol. The molecule has 1 aromatic carbocycles. The molecule has 0 saturated heterocycles. The van der Waals surface area contributed by atoms with Crippen LogP contribution in [0.1, 0.15) is 12.0 Å². The molecule has 0 bridgehead atoms. The highest BCUT2D eigenvalue weighted by molar-refractivity contribution is 5.46. The standard InChI is InChI=1S/C17H19N3/c1-2-5-15(6-3-1)14-20-11-8-16(9-12-20)19-17-7-4-10-18-13-17/h1-8,10,13,19H,9,11-12,14H2. The fraction of sp³-hybridized carbons (Fsp3) is 0.235. The molecule has 1 aliphatic rings. The van der Waals surface area contributed by atoms with Gasteiger partial charge in [0.1, 0.15) is 0 Å². The molecule has 0 atom stereocenters. The Balaban J connectivity index is 1.55. The molecule has 2 aromatic rings. The zero-order valence-electron chi connectivity index (χ0n) is 11.5. The summed E-state index contributed by atoms with van der Waals surface area (Å²) in [6.07, 6.45) is 6.99. The number of hydrogen-bond acceptors (Lipinski definition) is 3. The molecule has 3 rings (SSSR count). The first kappa shape index (κ1) is 12.9. The molecule has 1 aliphatic heterocycles. The Labute approximate surface area is 120 Å². The van der Waals surface area contributed by atoms with Crippen molar-refractivity contribution in [3.05, 3.63) is 72.2 Å². The summed E-state index contributed by atoms with van der Waals surface area (Å²) in [5.41, 5.74) is 3.74. The third kappa shape index (κ3) is 3.45. The van der Waals surface area contributed by atoms with Gasteiger partial charge in [0.2, 0.25) is 0 Å². The van der Waals surface area contributed by atoms with Gasteiger partial charge in [-0.15, -0.1) is 0 Å². The van der Waals surface area contributed by atoms with E-state index < -0.39 is 0 Å². The lowest BCUT2D eigenvalue weighted by atomic mass is 10.1. The van der Waals surface area contributed by atoms with Crippen molar-refractivity contribution in [2.24, 2.45) is 0 Å². The quantitative estimate of drug-likeness (QED) is 0.919. The number of rotatable bonds is 4. The average molecular weight is 265 g/mol. The first-order chi connectivity index (χ1) is 9.90. The molecule has 0 saturated carbocycles. The van der Waals surface area contributed by atoms with Crippen molar-refractivity contribution < 1.29 is 0 Å². The molecule has 1 N–H and O–H groups in total. The molecular weight excluding hydrogens is 246 g/mol. The van der Waals surface area contributed by atoms with Crippen LogP contribution in [0.5, 0.6) is 0 Å². The van der Waals surface area contributed by atoms with Crippen LogP contribution in [0.4, 0.5) is 5.69 Å². The maximum absolute atomic E-state index is 4.12. The van der Waals surface area contributed by atoms with Crippen molar-refractivity contribution in [1.29, 1.82) is 0 Å². The summed E-state index contributed by atoms with van der Waals surface area (Å²) in [5.74, 6) is 0. The minimum absolute atomic E-state index is 0.998. The Morgan fingerprint density at radius 2 is 2.00 bits per heavy atom. The third-order valence-electron chi connectivity index (χ3n) is 3.51. The second kappa shape index (κ2) is 6.35. The summed E-state index contributed by atoms with van der Waals surface area (Å²) >= 11 is 0. The molecule has 2 heterocycles. The minimum Gasteiger partial charge on any atom is -0.358 e. The lowest BCUT2D eigenvalue weighted by Crippen LogP contribution is -2.29. The Hall–Kier alpha value is -2.13. The molecule has 102 valence electrons. The van der Waals surface area contributed by atoms with Gasteiger partial charge >= 0.3 is 0 Å². The van der Waals surface area contributed by atoms with E-state index in [1.807, 2.05) is 18.3 Å². The van der Waals surface area contributed by atoms with Crippen LogP contribution in [0.15, 0.2) is 66.6 Å². The van der Waals surface area contributed by atoms with Crippen LogP contribution in [-0.4, -0.2) is 23.0 Å². The Morgan fingerprint density at radius 3 is 2.70 bits per heavy atom. The van der Waals surface area contributed by atoms with E-state index in [0.29, 0.717) is 0 Å². The summed E-state index contributed by atoms with van der Waals surface area (Å²) in [4.78, 5) is 6.58. The van der Waals surface area contributed by atoms with Crippen LogP contribution >= 0.6 is 0 Å². The predicted octanol–water partition coefficient (Wildman–Crippen LogP) is 3.28. The van der Waals surface area contributed by atoms with E-state index in [4.69, 9.17) is 0 Å². The second-order valence-electron chi connectivity index (χ2n) is 5.07. The molecule has 0 unspecified atom stereocenters. The molecule has 0 fully saturated rings. The molecule has 0 aliphatic carbocycles. The van der Waals surface area contributed by atoms with Crippen LogP contribution in [-0.2, 0) is 6.54 Å². The number of anilines is 1. The Morgan fingerprint density at radius 1 is 1.10 bits per heavy atom. The minimum atomic E-state index is 0.998. The van der Waals surface area contributed by atoms with E-state index in [1.165, 1.54) is 11.3 Å². The summed E-state index contributed by atoms with van der Waals surface area (Å²) in [6, 6.07) is 14.6. The monoisotopic (exact) mass is 265 g/mol. The van der Waals surface area contributed by atoms with Gasteiger partial charge in [-0.2, -0.15) is 0 Å². The molecule has 20 heavy (non-hydrogen) atoms. The molecule has 1 aromatic heterocycles. The Kier molecular flexibility index (Phi) is 4.09. The SMILES string of the molecule is C1=C(Nc2cccnc2)CCN(Cc2ccccc2)C1. The molecule has 0 radical (unpaired) electrons. The maximum Gasteiger partial charge on any atom is 0.0568 e. The van der Waals surface area contributed by atoms with Gasteiger partial charge in [-0.1, -0.05) is 36.4 Å². The molecule has 3 nitrogen and oxygen atoms in total. The van der Waals surface area contributed by atoms with E-state index in [-0.39, 0.29) is 0 Å². The molecule has 0 spiro atoms. The van der Waals surface area contributed by atoms with Crippen LogP contribution in [0, 0.1) is 0 Å². The van der Waals surface area contributed by atoms with Gasteiger partial charge in [0.05, 0.1) is 11.9 Å². The summed E-state index contributed by atoms with van der Waals surface area (Å²) < 4.78 is 0. The lowest BCUT2D eigenvalue weighted by Gasteiger charge is -2.26. The fourth-order valence-electron chi connectivity index (χ4n) is 2.43. The average Bonchev–Trinajstić information content (AvgIpc) is 2.51. The van der Waals surface area contributed by atoms with Crippen molar-refractivity contribution >= 4 is 5.69 Å². The van der Waals surface area contributed by atoms with E-state index in [0.717, 1.165) is 31.7 Å². The number of pyridine rings is 1. The smallest absolute Gasteiger partial charge is 0.0568 e. The zero-order valence-corrected chi connectivity index (χ0v) is 11.5. The second-order valence-corrected chi connectivity index (χ2v) is 5.07. The molecule has 3 heteroatoms. The Bertz CT molecular complexity index is 563. The van der Waals surface area contributed by atoms with Crippen molar-refractivity contribution in [3.63, 3.8) is 0 Å². The van der Waals surface area contributed by atoms with Crippen molar-refractivity contribution in [3.8, 4) is 0 Å². The normalized spacial score (nSPS) is 15.7. The molecular formula is C17H19N3. The number of benzene rings is 1. The van der Waals surface area contributed by atoms with Crippen molar-refractivity contribution in [1.82, 2.24) is 9.88 Å². The zero-order chi connectivity index (χ0) is 13.6. The topological polar surface area (TPSA) is 28.2 Å². The van der Waals surface area contributed by atoms with E-state index in [2.05, 4.69) is 51.6 Å². The highest BCUT2D eigenvalue weighted by Gasteiger charge is 2.11. The highest BCUT2D eigenvalue weighted by atomic mass is 15.1. The highest BCUT2D eigenvalue weighted by Crippen LogP contribution is 2.16. The van der Waals surface area contributed by atoms with Gasteiger partial charge in [0.25, 0.3) is 0 Å². The number of hydrogen-bond donors (Lipinski definition) is 1.